The maximum Gasteiger partial charge on any atom is 0.0538 e. The van der Waals surface area contributed by atoms with Crippen molar-refractivity contribution in [2.45, 2.75) is 39.0 Å². The number of anilines is 1. The monoisotopic (exact) mass is 296 g/mol. The summed E-state index contributed by atoms with van der Waals surface area (Å²) in [5.41, 5.74) is 1.11. The standard InChI is InChI=1S/C14H21BrN2/c1-11-3-2-4-12(7-11)5-6-17-14-8-13(15)9-16-10-14/h8-12,17H,2-7H2,1H3. The summed E-state index contributed by atoms with van der Waals surface area (Å²) < 4.78 is 1.04. The lowest BCUT2D eigenvalue weighted by molar-refractivity contribution is 0.274. The van der Waals surface area contributed by atoms with Gasteiger partial charge in [0.25, 0.3) is 0 Å². The molecule has 2 unspecified atom stereocenters. The van der Waals surface area contributed by atoms with Gasteiger partial charge in [-0.15, -0.1) is 0 Å². The Bertz CT molecular complexity index is 354. The highest BCUT2D eigenvalue weighted by atomic mass is 79.9. The fourth-order valence-corrected chi connectivity index (χ4v) is 3.12. The molecule has 1 heterocycles. The van der Waals surface area contributed by atoms with Crippen molar-refractivity contribution in [1.29, 1.82) is 0 Å². The molecule has 1 aromatic heterocycles. The molecule has 0 saturated heterocycles. The van der Waals surface area contributed by atoms with Crippen LogP contribution in [0.1, 0.15) is 39.0 Å². The van der Waals surface area contributed by atoms with Gasteiger partial charge in [0.1, 0.15) is 0 Å². The average molecular weight is 297 g/mol. The minimum atomic E-state index is 0.923. The first-order valence-electron chi connectivity index (χ1n) is 6.58. The summed E-state index contributed by atoms with van der Waals surface area (Å²) >= 11 is 3.44. The van der Waals surface area contributed by atoms with Gasteiger partial charge in [-0.2, -0.15) is 0 Å². The summed E-state index contributed by atoms with van der Waals surface area (Å²) in [6.45, 7) is 3.45. The van der Waals surface area contributed by atoms with Gasteiger partial charge >= 0.3 is 0 Å². The third-order valence-electron chi connectivity index (χ3n) is 3.63. The van der Waals surface area contributed by atoms with Crippen LogP contribution in [-0.2, 0) is 0 Å². The molecule has 0 aromatic carbocycles. The molecule has 0 amide bonds. The van der Waals surface area contributed by atoms with Gasteiger partial charge in [0.15, 0.2) is 0 Å². The second-order valence-corrected chi connectivity index (χ2v) is 6.16. The van der Waals surface area contributed by atoms with Gasteiger partial charge in [-0.3, -0.25) is 4.98 Å². The van der Waals surface area contributed by atoms with E-state index in [1.807, 2.05) is 12.4 Å². The summed E-state index contributed by atoms with van der Waals surface area (Å²) in [5, 5.41) is 3.46. The predicted octanol–water partition coefficient (Wildman–Crippen LogP) is 4.47. The Labute approximate surface area is 112 Å². The molecule has 1 aromatic rings. The maximum atomic E-state index is 4.15. The molecule has 3 heteroatoms. The third-order valence-corrected chi connectivity index (χ3v) is 4.07. The van der Waals surface area contributed by atoms with Crippen LogP contribution < -0.4 is 5.32 Å². The van der Waals surface area contributed by atoms with E-state index in [0.29, 0.717) is 0 Å². The summed E-state index contributed by atoms with van der Waals surface area (Å²) in [7, 11) is 0. The second-order valence-electron chi connectivity index (χ2n) is 5.25. The van der Waals surface area contributed by atoms with E-state index >= 15 is 0 Å². The zero-order valence-corrected chi connectivity index (χ0v) is 12.0. The lowest BCUT2D eigenvalue weighted by Gasteiger charge is -2.26. The molecule has 0 radical (unpaired) electrons. The Morgan fingerprint density at radius 1 is 1.41 bits per heavy atom. The number of hydrogen-bond donors (Lipinski definition) is 1. The molecule has 0 bridgehead atoms. The first kappa shape index (κ1) is 12.9. The van der Waals surface area contributed by atoms with Crippen LogP contribution in [-0.4, -0.2) is 11.5 Å². The van der Waals surface area contributed by atoms with E-state index in [2.05, 4.69) is 39.2 Å². The van der Waals surface area contributed by atoms with E-state index in [1.165, 1.54) is 32.1 Å². The summed E-state index contributed by atoms with van der Waals surface area (Å²) in [6.07, 6.45) is 10.7. The number of nitrogens with zero attached hydrogens (tertiary/aromatic N) is 1. The zero-order valence-electron chi connectivity index (χ0n) is 10.5. The third kappa shape index (κ3) is 4.30. The first-order valence-corrected chi connectivity index (χ1v) is 7.38. The summed E-state index contributed by atoms with van der Waals surface area (Å²) in [6, 6.07) is 2.08. The van der Waals surface area contributed by atoms with Gasteiger partial charge in [-0.1, -0.05) is 26.2 Å². The van der Waals surface area contributed by atoms with Crippen molar-refractivity contribution in [3.05, 3.63) is 22.9 Å². The first-order chi connectivity index (χ1) is 8.24. The molecule has 2 rings (SSSR count). The van der Waals surface area contributed by atoms with Crippen LogP contribution in [0.15, 0.2) is 22.9 Å². The molecule has 1 N–H and O–H groups in total. The van der Waals surface area contributed by atoms with Gasteiger partial charge in [0.05, 0.1) is 11.9 Å². The fourth-order valence-electron chi connectivity index (χ4n) is 2.75. The average Bonchev–Trinajstić information content (AvgIpc) is 2.29. The van der Waals surface area contributed by atoms with Crippen LogP contribution in [0.5, 0.6) is 0 Å². The van der Waals surface area contributed by atoms with Crippen molar-refractivity contribution >= 4 is 21.6 Å². The van der Waals surface area contributed by atoms with Crippen molar-refractivity contribution in [2.24, 2.45) is 11.8 Å². The molecule has 0 aliphatic heterocycles. The smallest absolute Gasteiger partial charge is 0.0538 e. The van der Waals surface area contributed by atoms with Crippen LogP contribution >= 0.6 is 15.9 Å². The molecular weight excluding hydrogens is 276 g/mol. The van der Waals surface area contributed by atoms with Crippen molar-refractivity contribution in [1.82, 2.24) is 4.98 Å². The number of aromatic nitrogens is 1. The van der Waals surface area contributed by atoms with Crippen LogP contribution in [0.3, 0.4) is 0 Å². The molecule has 1 fully saturated rings. The summed E-state index contributed by atoms with van der Waals surface area (Å²) in [5.74, 6) is 1.85. The van der Waals surface area contributed by atoms with E-state index in [0.717, 1.165) is 28.5 Å². The summed E-state index contributed by atoms with van der Waals surface area (Å²) in [4.78, 5) is 4.15. The highest BCUT2D eigenvalue weighted by molar-refractivity contribution is 9.10. The molecule has 2 nitrogen and oxygen atoms in total. The van der Waals surface area contributed by atoms with Crippen LogP contribution in [0.25, 0.3) is 0 Å². The minimum Gasteiger partial charge on any atom is -0.384 e. The van der Waals surface area contributed by atoms with E-state index in [-0.39, 0.29) is 0 Å². The normalized spacial score (nSPS) is 24.6. The van der Waals surface area contributed by atoms with Gasteiger partial charge < -0.3 is 5.32 Å². The largest absolute Gasteiger partial charge is 0.384 e. The quantitative estimate of drug-likeness (QED) is 0.886. The Morgan fingerprint density at radius 3 is 3.06 bits per heavy atom. The number of nitrogens with one attached hydrogen (secondary N) is 1. The highest BCUT2D eigenvalue weighted by Crippen LogP contribution is 2.30. The molecule has 1 aliphatic rings. The number of hydrogen-bond acceptors (Lipinski definition) is 2. The van der Waals surface area contributed by atoms with Crippen LogP contribution in [0.2, 0.25) is 0 Å². The van der Waals surface area contributed by atoms with Gasteiger partial charge in [-0.25, -0.2) is 0 Å². The Balaban J connectivity index is 1.72. The fraction of sp³-hybridized carbons (Fsp3) is 0.643. The van der Waals surface area contributed by atoms with Gasteiger partial charge in [-0.05, 0) is 46.7 Å². The molecule has 0 spiro atoms. The van der Waals surface area contributed by atoms with E-state index in [9.17, 15) is 0 Å². The second kappa shape index (κ2) is 6.39. The SMILES string of the molecule is CC1CCCC(CCNc2cncc(Br)c2)C1. The lowest BCUT2D eigenvalue weighted by atomic mass is 9.81. The van der Waals surface area contributed by atoms with Crippen molar-refractivity contribution < 1.29 is 0 Å². The van der Waals surface area contributed by atoms with Crippen LogP contribution in [0, 0.1) is 11.8 Å². The highest BCUT2D eigenvalue weighted by Gasteiger charge is 2.18. The Hall–Kier alpha value is -0.570. The van der Waals surface area contributed by atoms with Crippen LogP contribution in [0.4, 0.5) is 5.69 Å². The van der Waals surface area contributed by atoms with E-state index in [1.54, 1.807) is 0 Å². The Kier molecular flexibility index (Phi) is 4.84. The van der Waals surface area contributed by atoms with Gasteiger partial charge in [0.2, 0.25) is 0 Å². The number of pyridine rings is 1. The Morgan fingerprint density at radius 2 is 2.29 bits per heavy atom. The maximum absolute atomic E-state index is 4.15. The van der Waals surface area contributed by atoms with Gasteiger partial charge in [0, 0.05) is 17.2 Å². The molecule has 17 heavy (non-hydrogen) atoms. The predicted molar refractivity (Wildman–Crippen MR) is 76.2 cm³/mol. The topological polar surface area (TPSA) is 24.9 Å². The molecular formula is C14H21BrN2. The molecule has 94 valence electrons. The minimum absolute atomic E-state index is 0.923. The molecule has 1 aliphatic carbocycles. The molecule has 1 saturated carbocycles. The zero-order chi connectivity index (χ0) is 12.1. The lowest BCUT2D eigenvalue weighted by Crippen LogP contribution is -2.16. The number of halogens is 1. The molecule has 2 atom stereocenters. The number of rotatable bonds is 4. The van der Waals surface area contributed by atoms with Crippen molar-refractivity contribution in [3.8, 4) is 0 Å². The van der Waals surface area contributed by atoms with Crippen molar-refractivity contribution in [3.63, 3.8) is 0 Å². The van der Waals surface area contributed by atoms with Crippen molar-refractivity contribution in [2.75, 3.05) is 11.9 Å². The van der Waals surface area contributed by atoms with E-state index in [4.69, 9.17) is 0 Å². The van der Waals surface area contributed by atoms with E-state index < -0.39 is 0 Å².